The van der Waals surface area contributed by atoms with Crippen LogP contribution < -0.4 is 19.7 Å². The van der Waals surface area contributed by atoms with Crippen LogP contribution >= 0.6 is 34.3 Å². The molecule has 0 unspecified atom stereocenters. The van der Waals surface area contributed by atoms with Gasteiger partial charge in [-0.05, 0) is 72.5 Å². The molecule has 7 heterocycles. The second-order valence-electron chi connectivity index (χ2n) is 14.3. The fraction of sp³-hybridized carbons (Fsp3) is 0.190. The Balaban J connectivity index is 0.000000173. The van der Waals surface area contributed by atoms with Crippen LogP contribution in [0.4, 0.5) is 21.6 Å². The quantitative estimate of drug-likeness (QED) is 0.0670. The Kier molecular flexibility index (Phi) is 13.1. The molecule has 0 radical (unpaired) electrons. The predicted octanol–water partition coefficient (Wildman–Crippen LogP) is 7.65. The van der Waals surface area contributed by atoms with Gasteiger partial charge in [-0.1, -0.05) is 24.3 Å². The zero-order chi connectivity index (χ0) is 44.0. The van der Waals surface area contributed by atoms with Gasteiger partial charge in [0.25, 0.3) is 0 Å². The molecule has 2 amide bonds. The van der Waals surface area contributed by atoms with Crippen molar-refractivity contribution in [3.05, 3.63) is 119 Å². The SMILES string of the molecule is O=C(Cc1cccc(N2CCCS2(=O)=O)c1)Nc1nc(-c2c[nH]c3ncccc23)cs1.O=C(Cc1cccc(NS(=O)(=O)CCCCl)c1)Nc1nc(-c2c[nH]c3ncccc23)cs1. The normalized spacial score (nSPS) is 13.4. The summed E-state index contributed by atoms with van der Waals surface area (Å²) in [5.74, 6) is -0.0652. The van der Waals surface area contributed by atoms with E-state index in [0.717, 1.165) is 50.1 Å². The van der Waals surface area contributed by atoms with Crippen molar-refractivity contribution in [1.82, 2.24) is 29.9 Å². The average Bonchev–Trinajstić information content (AvgIpc) is 4.11. The Labute approximate surface area is 375 Å². The summed E-state index contributed by atoms with van der Waals surface area (Å²) in [4.78, 5) is 48.9. The Morgan fingerprint density at radius 1 is 0.778 bits per heavy atom. The monoisotopic (exact) mass is 942 g/mol. The van der Waals surface area contributed by atoms with E-state index < -0.39 is 20.0 Å². The fourth-order valence-corrected chi connectivity index (χ4v) is 11.3. The topological polar surface area (TPSA) is 225 Å². The molecule has 0 saturated carbocycles. The summed E-state index contributed by atoms with van der Waals surface area (Å²) in [7, 11) is -6.73. The Morgan fingerprint density at radius 2 is 1.35 bits per heavy atom. The molecule has 63 heavy (non-hydrogen) atoms. The molecular weight excluding hydrogens is 904 g/mol. The molecule has 0 spiro atoms. The van der Waals surface area contributed by atoms with Crippen LogP contribution in [0.15, 0.2) is 108 Å². The van der Waals surface area contributed by atoms with Crippen LogP contribution in [0.2, 0.25) is 0 Å². The minimum absolute atomic E-state index is 0.0555. The first-order valence-corrected chi connectivity index (χ1v) is 25.1. The van der Waals surface area contributed by atoms with E-state index in [1.54, 1.807) is 54.9 Å². The van der Waals surface area contributed by atoms with Crippen LogP contribution in [0.5, 0.6) is 0 Å². The molecule has 21 heteroatoms. The van der Waals surface area contributed by atoms with Gasteiger partial charge in [-0.2, -0.15) is 0 Å². The standard InChI is InChI=1S/C21H20ClN5O3S2.C21H19N5O3S2/c22-7-3-9-32(29,30)27-15-5-1-4-14(10-15)11-19(28)26-21-25-18(13-31-21)17-12-24-20-16(17)6-2-8-23-20;27-19(11-14-4-1-5-15(10-14)26-8-3-9-31(26,28)29)25-21-24-18(13-30-21)17-12-23-20-16(17)6-2-7-22-20/h1-2,4-6,8,10,12-13,27H,3,7,9,11H2,(H,23,24)(H,25,26,28);1-2,4-7,10,12-13H,3,8-9,11H2,(H,22,23)(H,24,25,27). The average molecular weight is 944 g/mol. The summed E-state index contributed by atoms with van der Waals surface area (Å²) in [5.41, 5.74) is 7.37. The van der Waals surface area contributed by atoms with Crippen LogP contribution in [0.1, 0.15) is 24.0 Å². The lowest BCUT2D eigenvalue weighted by Crippen LogP contribution is -2.25. The maximum absolute atomic E-state index is 12.6. The van der Waals surface area contributed by atoms with Crippen LogP contribution in [-0.4, -0.2) is 82.5 Å². The van der Waals surface area contributed by atoms with E-state index in [9.17, 15) is 26.4 Å². The van der Waals surface area contributed by atoms with E-state index >= 15 is 0 Å². The van der Waals surface area contributed by atoms with Gasteiger partial charge in [0.1, 0.15) is 11.3 Å². The number of alkyl halides is 1. The molecule has 0 atom stereocenters. The molecule has 1 saturated heterocycles. The van der Waals surface area contributed by atoms with Crippen molar-refractivity contribution in [2.24, 2.45) is 0 Å². The highest BCUT2D eigenvalue weighted by atomic mass is 35.5. The van der Waals surface area contributed by atoms with Gasteiger partial charge >= 0.3 is 0 Å². The second-order valence-corrected chi connectivity index (χ2v) is 20.3. The number of thiazole rings is 2. The number of aromatic amines is 2. The lowest BCUT2D eigenvalue weighted by Gasteiger charge is -2.17. The number of amides is 2. The first-order valence-electron chi connectivity index (χ1n) is 19.5. The van der Waals surface area contributed by atoms with E-state index in [4.69, 9.17) is 11.6 Å². The van der Waals surface area contributed by atoms with Gasteiger partial charge in [-0.3, -0.25) is 18.6 Å². The summed E-state index contributed by atoms with van der Waals surface area (Å²) in [5, 5.41) is 12.3. The third kappa shape index (κ3) is 10.7. The molecular formula is C42H39ClN10O6S4. The highest BCUT2D eigenvalue weighted by Crippen LogP contribution is 2.32. The number of pyridine rings is 2. The maximum atomic E-state index is 12.6. The largest absolute Gasteiger partial charge is 0.345 e. The van der Waals surface area contributed by atoms with Gasteiger partial charge in [-0.15, -0.1) is 34.3 Å². The third-order valence-electron chi connectivity index (χ3n) is 9.73. The fourth-order valence-electron chi connectivity index (χ4n) is 6.91. The number of carbonyl (C=O) groups is 2. The van der Waals surface area contributed by atoms with E-state index in [1.165, 1.54) is 27.0 Å². The Morgan fingerprint density at radius 3 is 1.90 bits per heavy atom. The Bertz CT molecular complexity index is 3150. The molecule has 0 bridgehead atoms. The van der Waals surface area contributed by atoms with E-state index in [1.807, 2.05) is 53.5 Å². The smallest absolute Gasteiger partial charge is 0.235 e. The number of hydrogen-bond donors (Lipinski definition) is 5. The summed E-state index contributed by atoms with van der Waals surface area (Å²) in [6.07, 6.45) is 8.35. The zero-order valence-corrected chi connectivity index (χ0v) is 37.3. The second kappa shape index (κ2) is 19.1. The number of rotatable bonds is 14. The van der Waals surface area contributed by atoms with Crippen molar-refractivity contribution in [3.8, 4) is 22.5 Å². The van der Waals surface area contributed by atoms with E-state index in [-0.39, 0.29) is 42.0 Å². The molecule has 16 nitrogen and oxygen atoms in total. The zero-order valence-electron chi connectivity index (χ0n) is 33.2. The van der Waals surface area contributed by atoms with Crippen molar-refractivity contribution in [2.45, 2.75) is 25.7 Å². The number of carbonyl (C=O) groups excluding carboxylic acids is 2. The molecule has 1 aliphatic heterocycles. The van der Waals surface area contributed by atoms with Crippen molar-refractivity contribution >= 4 is 110 Å². The number of sulfonamides is 2. The van der Waals surface area contributed by atoms with Crippen LogP contribution in [-0.2, 0) is 42.5 Å². The summed E-state index contributed by atoms with van der Waals surface area (Å²) < 4.78 is 52.3. The number of aromatic nitrogens is 6. The van der Waals surface area contributed by atoms with Gasteiger partial charge in [0.2, 0.25) is 31.9 Å². The predicted molar refractivity (Wildman–Crippen MR) is 250 cm³/mol. The number of benzene rings is 2. The maximum Gasteiger partial charge on any atom is 0.235 e. The number of H-pyrrole nitrogens is 2. The molecule has 9 rings (SSSR count). The van der Waals surface area contributed by atoms with Gasteiger partial charge in [0, 0.05) is 75.6 Å². The van der Waals surface area contributed by atoms with Crippen molar-refractivity contribution in [2.75, 3.05) is 43.6 Å². The minimum atomic E-state index is -3.48. The number of fused-ring (bicyclic) bond motifs is 2. The molecule has 1 aliphatic rings. The lowest BCUT2D eigenvalue weighted by molar-refractivity contribution is -0.116. The third-order valence-corrected chi connectivity index (χ3v) is 14.8. The molecule has 2 aromatic carbocycles. The Hall–Kier alpha value is -6.19. The number of halogens is 1. The van der Waals surface area contributed by atoms with E-state index in [0.29, 0.717) is 46.6 Å². The first kappa shape index (κ1) is 43.5. The van der Waals surface area contributed by atoms with Crippen molar-refractivity contribution in [3.63, 3.8) is 0 Å². The molecule has 6 aromatic heterocycles. The number of nitrogens with zero attached hydrogens (tertiary/aromatic N) is 5. The van der Waals surface area contributed by atoms with E-state index in [2.05, 4.69) is 45.3 Å². The first-order chi connectivity index (χ1) is 30.4. The van der Waals surface area contributed by atoms with Crippen molar-refractivity contribution in [1.29, 1.82) is 0 Å². The summed E-state index contributed by atoms with van der Waals surface area (Å²) in [6, 6.07) is 21.5. The lowest BCUT2D eigenvalue weighted by atomic mass is 10.1. The van der Waals surface area contributed by atoms with Crippen LogP contribution in [0.3, 0.4) is 0 Å². The van der Waals surface area contributed by atoms with Crippen LogP contribution in [0, 0.1) is 0 Å². The number of hydrogen-bond acceptors (Lipinski definition) is 12. The number of nitrogens with one attached hydrogen (secondary N) is 5. The van der Waals surface area contributed by atoms with Gasteiger partial charge in [0.05, 0.1) is 41.4 Å². The highest BCUT2D eigenvalue weighted by molar-refractivity contribution is 7.93. The van der Waals surface area contributed by atoms with Gasteiger partial charge in [-0.25, -0.2) is 36.8 Å². The van der Waals surface area contributed by atoms with Crippen molar-refractivity contribution < 1.29 is 26.4 Å². The summed E-state index contributed by atoms with van der Waals surface area (Å²) in [6.45, 7) is 0.475. The number of anilines is 4. The molecule has 0 aliphatic carbocycles. The van der Waals surface area contributed by atoms with Gasteiger partial charge < -0.3 is 20.6 Å². The van der Waals surface area contributed by atoms with Crippen LogP contribution in [0.25, 0.3) is 44.6 Å². The minimum Gasteiger partial charge on any atom is -0.345 e. The highest BCUT2D eigenvalue weighted by Gasteiger charge is 2.28. The molecule has 5 N–H and O–H groups in total. The molecule has 8 aromatic rings. The molecule has 324 valence electrons. The summed E-state index contributed by atoms with van der Waals surface area (Å²) >= 11 is 8.26. The molecule has 1 fully saturated rings. The van der Waals surface area contributed by atoms with Gasteiger partial charge in [0.15, 0.2) is 10.3 Å².